The summed E-state index contributed by atoms with van der Waals surface area (Å²) < 4.78 is 0. The molecule has 0 radical (unpaired) electrons. The van der Waals surface area contributed by atoms with Crippen LogP contribution in [0.1, 0.15) is 25.0 Å². The van der Waals surface area contributed by atoms with Crippen molar-refractivity contribution in [2.75, 3.05) is 41.7 Å². The predicted molar refractivity (Wildman–Crippen MR) is 132 cm³/mol. The van der Waals surface area contributed by atoms with E-state index in [2.05, 4.69) is 71.5 Å². The predicted octanol–water partition coefficient (Wildman–Crippen LogP) is 3.33. The number of amidine groups is 1. The van der Waals surface area contributed by atoms with Crippen molar-refractivity contribution in [1.82, 2.24) is 4.90 Å². The zero-order chi connectivity index (χ0) is 22.7. The first-order valence-electron chi connectivity index (χ1n) is 11.1. The number of benzene rings is 2. The van der Waals surface area contributed by atoms with Crippen molar-refractivity contribution in [2.45, 2.75) is 33.4 Å². The number of primary amides is 1. The Morgan fingerprint density at radius 2 is 1.75 bits per heavy atom. The second kappa shape index (κ2) is 9.34. The van der Waals surface area contributed by atoms with Gasteiger partial charge in [0.1, 0.15) is 12.0 Å². The summed E-state index contributed by atoms with van der Waals surface area (Å²) in [5, 5.41) is 7.03. The summed E-state index contributed by atoms with van der Waals surface area (Å²) in [6.07, 6.45) is 2.31. The van der Waals surface area contributed by atoms with Crippen molar-refractivity contribution in [3.05, 3.63) is 65.4 Å². The summed E-state index contributed by atoms with van der Waals surface area (Å²) >= 11 is 0. The smallest absolute Gasteiger partial charge is 0.221 e. The van der Waals surface area contributed by atoms with E-state index in [1.165, 1.54) is 11.3 Å². The van der Waals surface area contributed by atoms with Crippen molar-refractivity contribution in [2.24, 2.45) is 10.7 Å². The number of carbonyl (C=O) groups is 1. The molecule has 7 heteroatoms. The molecule has 32 heavy (non-hydrogen) atoms. The van der Waals surface area contributed by atoms with Crippen molar-refractivity contribution in [3.8, 4) is 0 Å². The summed E-state index contributed by atoms with van der Waals surface area (Å²) in [6, 6.07) is 14.5. The molecule has 1 fully saturated rings. The number of aliphatic imine (C=N–C) groups is 1. The van der Waals surface area contributed by atoms with Gasteiger partial charge < -0.3 is 26.2 Å². The third-order valence-corrected chi connectivity index (χ3v) is 6.10. The maximum absolute atomic E-state index is 11.1. The molecule has 0 bridgehead atoms. The highest BCUT2D eigenvalue weighted by molar-refractivity contribution is 5.81. The quantitative estimate of drug-likeness (QED) is 0.498. The summed E-state index contributed by atoms with van der Waals surface area (Å²) in [6.45, 7) is 10.00. The molecule has 4 rings (SSSR count). The molecule has 0 aromatic heterocycles. The molecule has 2 aromatic carbocycles. The van der Waals surface area contributed by atoms with Crippen LogP contribution in [0.4, 0.5) is 17.1 Å². The zero-order valence-electron chi connectivity index (χ0n) is 19.1. The number of anilines is 3. The van der Waals surface area contributed by atoms with Gasteiger partial charge in [-0.05, 0) is 61.7 Å². The van der Waals surface area contributed by atoms with Crippen molar-refractivity contribution in [1.29, 1.82) is 0 Å². The van der Waals surface area contributed by atoms with Gasteiger partial charge in [-0.3, -0.25) is 4.79 Å². The summed E-state index contributed by atoms with van der Waals surface area (Å²) in [5.74, 6) is 0.733. The molecular formula is C25H32N6O. The Labute approximate surface area is 190 Å². The first-order chi connectivity index (χ1) is 15.4. The van der Waals surface area contributed by atoms with Gasteiger partial charge in [0.25, 0.3) is 0 Å². The number of rotatable bonds is 5. The van der Waals surface area contributed by atoms with Crippen LogP contribution in [0.5, 0.6) is 0 Å². The van der Waals surface area contributed by atoms with Crippen LogP contribution in [0.25, 0.3) is 0 Å². The van der Waals surface area contributed by atoms with Crippen LogP contribution in [0.15, 0.2) is 59.2 Å². The van der Waals surface area contributed by atoms with Gasteiger partial charge in [0.15, 0.2) is 0 Å². The Hall–Kier alpha value is -3.48. The first kappa shape index (κ1) is 21.7. The minimum atomic E-state index is -0.301. The highest BCUT2D eigenvalue weighted by Crippen LogP contribution is 2.31. The molecule has 0 saturated carbocycles. The Bertz CT molecular complexity index is 1030. The van der Waals surface area contributed by atoms with E-state index in [1.807, 2.05) is 18.3 Å². The van der Waals surface area contributed by atoms with Crippen LogP contribution in [0, 0.1) is 6.92 Å². The molecule has 0 spiro atoms. The molecule has 1 atom stereocenters. The fourth-order valence-corrected chi connectivity index (χ4v) is 4.14. The van der Waals surface area contributed by atoms with Gasteiger partial charge >= 0.3 is 0 Å². The minimum Gasteiger partial charge on any atom is -0.369 e. The van der Waals surface area contributed by atoms with Crippen LogP contribution in [0.2, 0.25) is 0 Å². The average Bonchev–Trinajstić information content (AvgIpc) is 3.21. The second-order valence-corrected chi connectivity index (χ2v) is 8.60. The van der Waals surface area contributed by atoms with E-state index in [0.29, 0.717) is 0 Å². The Morgan fingerprint density at radius 1 is 1.06 bits per heavy atom. The highest BCUT2D eigenvalue weighted by atomic mass is 16.1. The molecule has 4 N–H and O–H groups in total. The molecule has 0 aliphatic carbocycles. The average molecular weight is 433 g/mol. The second-order valence-electron chi connectivity index (χ2n) is 8.60. The lowest BCUT2D eigenvalue weighted by Gasteiger charge is -2.37. The van der Waals surface area contributed by atoms with Crippen molar-refractivity contribution in [3.63, 3.8) is 0 Å². The SMILES string of the molecule is CC(=CN=C(C)N1CCN(c2ccc(CC(N)=O)cc2)CC1)C1Nc2ccc(C)cc2N1. The molecule has 2 heterocycles. The van der Waals surface area contributed by atoms with Crippen molar-refractivity contribution >= 4 is 28.8 Å². The molecular weight excluding hydrogens is 400 g/mol. The summed E-state index contributed by atoms with van der Waals surface area (Å²) in [5.41, 5.74) is 12.1. The lowest BCUT2D eigenvalue weighted by Crippen LogP contribution is -2.48. The molecule has 2 aliphatic rings. The van der Waals surface area contributed by atoms with E-state index in [-0.39, 0.29) is 18.5 Å². The summed E-state index contributed by atoms with van der Waals surface area (Å²) in [4.78, 5) is 20.5. The molecule has 1 amide bonds. The molecule has 1 unspecified atom stereocenters. The molecule has 2 aliphatic heterocycles. The minimum absolute atomic E-state index is 0.0673. The molecule has 168 valence electrons. The van der Waals surface area contributed by atoms with Gasteiger partial charge in [0.05, 0.1) is 17.8 Å². The fraction of sp³-hybridized carbons (Fsp3) is 0.360. The fourth-order valence-electron chi connectivity index (χ4n) is 4.14. The maximum atomic E-state index is 11.1. The number of carbonyl (C=O) groups excluding carboxylic acids is 1. The number of hydrogen-bond acceptors (Lipinski definition) is 5. The molecule has 1 saturated heterocycles. The van der Waals surface area contributed by atoms with Crippen LogP contribution < -0.4 is 21.3 Å². The number of piperazine rings is 1. The first-order valence-corrected chi connectivity index (χ1v) is 11.1. The van der Waals surface area contributed by atoms with E-state index in [1.54, 1.807) is 0 Å². The number of hydrogen-bond donors (Lipinski definition) is 3. The van der Waals surface area contributed by atoms with Gasteiger partial charge in [-0.15, -0.1) is 0 Å². The normalized spacial score (nSPS) is 18.8. The van der Waals surface area contributed by atoms with Gasteiger partial charge in [-0.2, -0.15) is 0 Å². The number of nitrogens with one attached hydrogen (secondary N) is 2. The van der Waals surface area contributed by atoms with Crippen molar-refractivity contribution < 1.29 is 4.79 Å². The molecule has 7 nitrogen and oxygen atoms in total. The zero-order valence-corrected chi connectivity index (χ0v) is 19.1. The Morgan fingerprint density at radius 3 is 2.44 bits per heavy atom. The number of fused-ring (bicyclic) bond motifs is 1. The number of aryl methyl sites for hydroxylation is 1. The largest absolute Gasteiger partial charge is 0.369 e. The van der Waals surface area contributed by atoms with Crippen LogP contribution >= 0.6 is 0 Å². The van der Waals surface area contributed by atoms with Gasteiger partial charge in [0.2, 0.25) is 5.91 Å². The number of amides is 1. The van der Waals surface area contributed by atoms with Gasteiger partial charge in [-0.1, -0.05) is 18.2 Å². The third kappa shape index (κ3) is 5.04. The van der Waals surface area contributed by atoms with Gasteiger partial charge in [0, 0.05) is 38.1 Å². The topological polar surface area (TPSA) is 86.0 Å². The van der Waals surface area contributed by atoms with Crippen LogP contribution in [0.3, 0.4) is 0 Å². The lowest BCUT2D eigenvalue weighted by atomic mass is 10.1. The summed E-state index contributed by atoms with van der Waals surface area (Å²) in [7, 11) is 0. The van der Waals surface area contributed by atoms with Crippen LogP contribution in [-0.4, -0.2) is 49.0 Å². The standard InChI is InChI=1S/C25H32N6O/c1-17-4-9-22-23(14-17)29-25(28-22)18(2)16-27-19(3)30-10-12-31(13-11-30)21-7-5-20(6-8-21)15-24(26)32/h4-9,14,16,25,28-29H,10-13,15H2,1-3H3,(H2,26,32). The lowest BCUT2D eigenvalue weighted by molar-refractivity contribution is -0.117. The number of nitrogens with zero attached hydrogens (tertiary/aromatic N) is 3. The van der Waals surface area contributed by atoms with E-state index < -0.39 is 0 Å². The molecule has 2 aromatic rings. The Balaban J connectivity index is 1.31. The monoisotopic (exact) mass is 432 g/mol. The van der Waals surface area contributed by atoms with Gasteiger partial charge in [-0.25, -0.2) is 4.99 Å². The number of nitrogens with two attached hydrogens (primary N) is 1. The van der Waals surface area contributed by atoms with E-state index in [0.717, 1.165) is 54.5 Å². The van der Waals surface area contributed by atoms with E-state index in [9.17, 15) is 4.79 Å². The third-order valence-electron chi connectivity index (χ3n) is 6.10. The van der Waals surface area contributed by atoms with E-state index >= 15 is 0 Å². The van der Waals surface area contributed by atoms with E-state index in [4.69, 9.17) is 10.7 Å². The van der Waals surface area contributed by atoms with Crippen LogP contribution in [-0.2, 0) is 11.2 Å². The Kier molecular flexibility index (Phi) is 6.35. The maximum Gasteiger partial charge on any atom is 0.221 e. The highest BCUT2D eigenvalue weighted by Gasteiger charge is 2.21.